The molecule has 0 saturated carbocycles. The quantitative estimate of drug-likeness (QED) is 0.922. The Morgan fingerprint density at radius 1 is 1.35 bits per heavy atom. The third-order valence-electron chi connectivity index (χ3n) is 3.95. The molecule has 0 bridgehead atoms. The molecule has 2 heterocycles. The molecule has 106 valence electrons. The van der Waals surface area contributed by atoms with Gasteiger partial charge in [-0.25, -0.2) is 4.98 Å². The van der Waals surface area contributed by atoms with E-state index >= 15 is 0 Å². The van der Waals surface area contributed by atoms with Gasteiger partial charge in [-0.2, -0.15) is 0 Å². The second kappa shape index (κ2) is 5.25. The number of hydrogen-bond acceptors (Lipinski definition) is 3. The second-order valence-corrected chi connectivity index (χ2v) is 5.32. The van der Waals surface area contributed by atoms with Crippen molar-refractivity contribution in [2.45, 2.75) is 19.4 Å². The maximum Gasteiger partial charge on any atom is 0.253 e. The lowest BCUT2D eigenvalue weighted by Crippen LogP contribution is -2.27. The third-order valence-corrected chi connectivity index (χ3v) is 3.95. The fraction of sp³-hybridized carbons (Fsp3) is 0.467. The molecule has 1 N–H and O–H groups in total. The number of benzene rings is 1. The van der Waals surface area contributed by atoms with Gasteiger partial charge in [0.15, 0.2) is 0 Å². The minimum atomic E-state index is 0.130. The Kier molecular flexibility index (Phi) is 3.44. The number of nitrogens with one attached hydrogen (secondary N) is 1. The number of likely N-dealkylation sites (tertiary alicyclic amines) is 1. The van der Waals surface area contributed by atoms with Crippen LogP contribution in [0.15, 0.2) is 18.2 Å². The number of fused-ring (bicyclic) bond motifs is 1. The first-order chi connectivity index (χ1) is 9.70. The third kappa shape index (κ3) is 2.18. The van der Waals surface area contributed by atoms with Crippen molar-refractivity contribution in [1.29, 1.82) is 0 Å². The van der Waals surface area contributed by atoms with Gasteiger partial charge in [0.05, 0.1) is 17.6 Å². The van der Waals surface area contributed by atoms with E-state index in [0.717, 1.165) is 54.9 Å². The van der Waals surface area contributed by atoms with Gasteiger partial charge in [-0.15, -0.1) is 0 Å². The standard InChI is InChI=1S/C15H20N4O/c1-16-10-14-17-12-9-11(5-6-13(12)18(14)2)15(20)19-7-3-4-8-19/h5-6,9,16H,3-4,7-8,10H2,1-2H3. The first-order valence-corrected chi connectivity index (χ1v) is 7.10. The Balaban J connectivity index is 1.95. The summed E-state index contributed by atoms with van der Waals surface area (Å²) in [4.78, 5) is 18.9. The average Bonchev–Trinajstić information content (AvgIpc) is 3.08. The highest BCUT2D eigenvalue weighted by Gasteiger charge is 2.20. The molecular weight excluding hydrogens is 252 g/mol. The Hall–Kier alpha value is -1.88. The van der Waals surface area contributed by atoms with Gasteiger partial charge in [0.25, 0.3) is 5.91 Å². The lowest BCUT2D eigenvalue weighted by Gasteiger charge is -2.14. The van der Waals surface area contributed by atoms with Gasteiger partial charge >= 0.3 is 0 Å². The molecule has 5 heteroatoms. The van der Waals surface area contributed by atoms with Gasteiger partial charge in [-0.3, -0.25) is 4.79 Å². The van der Waals surface area contributed by atoms with Crippen LogP contribution in [0.1, 0.15) is 29.0 Å². The van der Waals surface area contributed by atoms with Crippen LogP contribution in [0.2, 0.25) is 0 Å². The van der Waals surface area contributed by atoms with E-state index in [-0.39, 0.29) is 5.91 Å². The van der Waals surface area contributed by atoms with Gasteiger partial charge in [0.1, 0.15) is 5.82 Å². The number of carbonyl (C=O) groups excluding carboxylic acids is 1. The van der Waals surface area contributed by atoms with Crippen LogP contribution in [0.5, 0.6) is 0 Å². The van der Waals surface area contributed by atoms with Crippen LogP contribution in [0.25, 0.3) is 11.0 Å². The molecule has 5 nitrogen and oxygen atoms in total. The highest BCUT2D eigenvalue weighted by atomic mass is 16.2. The topological polar surface area (TPSA) is 50.2 Å². The Bertz CT molecular complexity index is 641. The van der Waals surface area contributed by atoms with Gasteiger partial charge in [0.2, 0.25) is 0 Å². The Labute approximate surface area is 118 Å². The van der Waals surface area contributed by atoms with Crippen LogP contribution in [0.3, 0.4) is 0 Å². The Morgan fingerprint density at radius 2 is 2.10 bits per heavy atom. The molecule has 0 spiro atoms. The summed E-state index contributed by atoms with van der Waals surface area (Å²) in [7, 11) is 3.91. The first kappa shape index (κ1) is 13.1. The van der Waals surface area contributed by atoms with Crippen LogP contribution in [0, 0.1) is 0 Å². The van der Waals surface area contributed by atoms with Crippen molar-refractivity contribution >= 4 is 16.9 Å². The van der Waals surface area contributed by atoms with Crippen molar-refractivity contribution in [2.75, 3.05) is 20.1 Å². The zero-order valence-corrected chi connectivity index (χ0v) is 12.0. The number of nitrogens with zero attached hydrogens (tertiary/aromatic N) is 3. The van der Waals surface area contributed by atoms with Crippen molar-refractivity contribution in [3.63, 3.8) is 0 Å². The average molecular weight is 272 g/mol. The van der Waals surface area contributed by atoms with E-state index in [1.54, 1.807) is 0 Å². The van der Waals surface area contributed by atoms with E-state index in [1.165, 1.54) is 0 Å². The van der Waals surface area contributed by atoms with Gasteiger partial charge in [-0.1, -0.05) is 0 Å². The molecule has 2 aromatic rings. The molecule has 0 unspecified atom stereocenters. The SMILES string of the molecule is CNCc1nc2cc(C(=O)N3CCCC3)ccc2n1C. The number of amides is 1. The maximum absolute atomic E-state index is 12.4. The number of rotatable bonds is 3. The lowest BCUT2D eigenvalue weighted by atomic mass is 10.2. The number of aromatic nitrogens is 2. The molecule has 1 aromatic carbocycles. The molecule has 1 saturated heterocycles. The monoisotopic (exact) mass is 272 g/mol. The Morgan fingerprint density at radius 3 is 2.80 bits per heavy atom. The van der Waals surface area contributed by atoms with Crippen LogP contribution >= 0.6 is 0 Å². The maximum atomic E-state index is 12.4. The molecule has 20 heavy (non-hydrogen) atoms. The number of hydrogen-bond donors (Lipinski definition) is 1. The minimum absolute atomic E-state index is 0.130. The largest absolute Gasteiger partial charge is 0.339 e. The summed E-state index contributed by atoms with van der Waals surface area (Å²) >= 11 is 0. The molecule has 0 aliphatic carbocycles. The first-order valence-electron chi connectivity index (χ1n) is 7.10. The molecule has 0 atom stereocenters. The summed E-state index contributed by atoms with van der Waals surface area (Å²) in [5.41, 5.74) is 2.70. The second-order valence-electron chi connectivity index (χ2n) is 5.32. The summed E-state index contributed by atoms with van der Waals surface area (Å²) in [5.74, 6) is 1.11. The smallest absolute Gasteiger partial charge is 0.253 e. The zero-order chi connectivity index (χ0) is 14.1. The number of carbonyl (C=O) groups is 1. The van der Waals surface area contributed by atoms with Crippen molar-refractivity contribution in [3.05, 3.63) is 29.6 Å². The molecule has 1 amide bonds. The molecule has 0 radical (unpaired) electrons. The van der Waals surface area contributed by atoms with E-state index < -0.39 is 0 Å². The fourth-order valence-electron chi connectivity index (χ4n) is 2.80. The van der Waals surface area contributed by atoms with Gasteiger partial charge in [0, 0.05) is 25.7 Å². The highest BCUT2D eigenvalue weighted by Crippen LogP contribution is 2.19. The molecule has 1 aliphatic heterocycles. The summed E-state index contributed by atoms with van der Waals surface area (Å²) in [6.07, 6.45) is 2.23. The summed E-state index contributed by atoms with van der Waals surface area (Å²) in [5, 5.41) is 3.11. The lowest BCUT2D eigenvalue weighted by molar-refractivity contribution is 0.0793. The normalized spacial score (nSPS) is 15.2. The van der Waals surface area contributed by atoms with Crippen molar-refractivity contribution in [3.8, 4) is 0 Å². The fourth-order valence-corrected chi connectivity index (χ4v) is 2.80. The number of aryl methyl sites for hydroxylation is 1. The molecular formula is C15H20N4O. The molecule has 1 aromatic heterocycles. The summed E-state index contributed by atoms with van der Waals surface area (Å²) in [6, 6.07) is 5.81. The van der Waals surface area contributed by atoms with Crippen LogP contribution in [0.4, 0.5) is 0 Å². The molecule has 1 fully saturated rings. The minimum Gasteiger partial charge on any atom is -0.339 e. The van der Waals surface area contributed by atoms with E-state index in [4.69, 9.17) is 0 Å². The van der Waals surface area contributed by atoms with E-state index in [1.807, 2.05) is 37.2 Å². The van der Waals surface area contributed by atoms with Crippen LogP contribution in [-0.2, 0) is 13.6 Å². The highest BCUT2D eigenvalue weighted by molar-refractivity contribution is 5.97. The van der Waals surface area contributed by atoms with Gasteiger partial charge < -0.3 is 14.8 Å². The van der Waals surface area contributed by atoms with Crippen molar-refractivity contribution in [2.24, 2.45) is 7.05 Å². The number of imidazole rings is 1. The summed E-state index contributed by atoms with van der Waals surface area (Å²) in [6.45, 7) is 2.48. The van der Waals surface area contributed by atoms with Crippen molar-refractivity contribution in [1.82, 2.24) is 19.8 Å². The van der Waals surface area contributed by atoms with Crippen LogP contribution < -0.4 is 5.32 Å². The van der Waals surface area contributed by atoms with Crippen LogP contribution in [-0.4, -0.2) is 40.5 Å². The predicted molar refractivity (Wildman–Crippen MR) is 78.6 cm³/mol. The van der Waals surface area contributed by atoms with E-state index in [9.17, 15) is 4.79 Å². The summed E-state index contributed by atoms with van der Waals surface area (Å²) < 4.78 is 2.07. The molecule has 3 rings (SSSR count). The van der Waals surface area contributed by atoms with Gasteiger partial charge in [-0.05, 0) is 38.1 Å². The zero-order valence-electron chi connectivity index (χ0n) is 12.0. The molecule has 1 aliphatic rings. The predicted octanol–water partition coefficient (Wildman–Crippen LogP) is 1.53. The van der Waals surface area contributed by atoms with Crippen molar-refractivity contribution < 1.29 is 4.79 Å². The van der Waals surface area contributed by atoms with E-state index in [0.29, 0.717) is 0 Å². The van der Waals surface area contributed by atoms with E-state index in [2.05, 4.69) is 14.9 Å².